The standard InChI is InChI=1S/C23H32N6O8/c1-11(31)19(29-20(33)14(24)10-30)22(35)27-16(6-7-18(25)32)21(34)28-17(23(36)37)8-12-9-26-15-5-3-2-4-13(12)15/h2-5,9,11,14,16-17,19,26,30-31H,6-8,10,24H2,1H3,(H2,25,32)(H,27,35)(H,28,34)(H,29,33)(H,36,37). The molecule has 1 aromatic carbocycles. The Morgan fingerprint density at radius 3 is 2.24 bits per heavy atom. The first kappa shape index (κ1) is 29.2. The van der Waals surface area contributed by atoms with Gasteiger partial charge in [0, 0.05) is 29.9 Å². The number of benzene rings is 1. The van der Waals surface area contributed by atoms with E-state index in [1.165, 1.54) is 6.92 Å². The van der Waals surface area contributed by atoms with Gasteiger partial charge in [-0.05, 0) is 25.0 Å². The van der Waals surface area contributed by atoms with Crippen molar-refractivity contribution in [3.63, 3.8) is 0 Å². The molecule has 37 heavy (non-hydrogen) atoms. The third-order valence-corrected chi connectivity index (χ3v) is 5.62. The molecular weight excluding hydrogens is 488 g/mol. The van der Waals surface area contributed by atoms with Crippen molar-refractivity contribution in [3.05, 3.63) is 36.0 Å². The minimum absolute atomic E-state index is 0.0764. The molecule has 0 radical (unpaired) electrons. The van der Waals surface area contributed by atoms with Crippen LogP contribution in [0, 0.1) is 0 Å². The van der Waals surface area contributed by atoms with Crippen molar-refractivity contribution < 1.29 is 39.3 Å². The number of aliphatic hydroxyl groups excluding tert-OH is 2. The monoisotopic (exact) mass is 520 g/mol. The first-order chi connectivity index (χ1) is 17.4. The number of nitrogens with one attached hydrogen (secondary N) is 4. The molecule has 0 spiro atoms. The van der Waals surface area contributed by atoms with Crippen molar-refractivity contribution in [2.24, 2.45) is 11.5 Å². The second-order valence-corrected chi connectivity index (χ2v) is 8.55. The predicted molar refractivity (Wildman–Crippen MR) is 131 cm³/mol. The average molecular weight is 521 g/mol. The molecule has 0 aliphatic rings. The normalized spacial score (nSPS) is 15.1. The van der Waals surface area contributed by atoms with Crippen LogP contribution >= 0.6 is 0 Å². The molecule has 0 saturated heterocycles. The molecule has 0 aliphatic heterocycles. The molecule has 0 aliphatic carbocycles. The Hall–Kier alpha value is -4.01. The summed E-state index contributed by atoms with van der Waals surface area (Å²) in [5.41, 5.74) is 12.0. The number of carboxylic acids is 1. The van der Waals surface area contributed by atoms with Gasteiger partial charge in [0.25, 0.3) is 0 Å². The van der Waals surface area contributed by atoms with Crippen LogP contribution in [-0.2, 0) is 30.4 Å². The zero-order valence-electron chi connectivity index (χ0n) is 20.1. The van der Waals surface area contributed by atoms with Crippen molar-refractivity contribution >= 4 is 40.5 Å². The van der Waals surface area contributed by atoms with Crippen LogP contribution in [-0.4, -0.2) is 86.8 Å². The molecule has 0 saturated carbocycles. The minimum atomic E-state index is -1.56. The van der Waals surface area contributed by atoms with Crippen LogP contribution in [0.25, 0.3) is 10.9 Å². The summed E-state index contributed by atoms with van der Waals surface area (Å²) >= 11 is 0. The van der Waals surface area contributed by atoms with Gasteiger partial charge in [0.1, 0.15) is 24.2 Å². The first-order valence-electron chi connectivity index (χ1n) is 11.5. The van der Waals surface area contributed by atoms with Crippen molar-refractivity contribution in [2.45, 2.75) is 56.5 Å². The predicted octanol–water partition coefficient (Wildman–Crippen LogP) is -2.78. The molecule has 0 bridgehead atoms. The number of carboxylic acid groups (broad SMARTS) is 1. The number of H-pyrrole nitrogens is 1. The van der Waals surface area contributed by atoms with Crippen LogP contribution in [0.2, 0.25) is 0 Å². The fraction of sp³-hybridized carbons (Fsp3) is 0.435. The lowest BCUT2D eigenvalue weighted by Crippen LogP contribution is -2.60. The first-order valence-corrected chi connectivity index (χ1v) is 11.5. The third-order valence-electron chi connectivity index (χ3n) is 5.62. The van der Waals surface area contributed by atoms with Gasteiger partial charge in [-0.3, -0.25) is 19.2 Å². The Balaban J connectivity index is 2.19. The Kier molecular flexibility index (Phi) is 10.5. The number of amides is 4. The molecular formula is C23H32N6O8. The summed E-state index contributed by atoms with van der Waals surface area (Å²) in [6.45, 7) is 0.492. The topological polar surface area (TPSA) is 250 Å². The molecule has 4 amide bonds. The summed E-state index contributed by atoms with van der Waals surface area (Å²) in [5, 5.41) is 36.3. The van der Waals surface area contributed by atoms with Crippen LogP contribution in [0.5, 0.6) is 0 Å². The van der Waals surface area contributed by atoms with Crippen LogP contribution in [0.1, 0.15) is 25.3 Å². The zero-order chi connectivity index (χ0) is 27.7. The second kappa shape index (κ2) is 13.3. The van der Waals surface area contributed by atoms with E-state index in [0.717, 1.165) is 10.9 Å². The quantitative estimate of drug-likeness (QED) is 0.125. The molecule has 202 valence electrons. The summed E-state index contributed by atoms with van der Waals surface area (Å²) in [7, 11) is 0. The number of para-hydroxylation sites is 1. The Labute approximate surface area is 211 Å². The number of rotatable bonds is 14. The number of hydrogen-bond donors (Lipinski definition) is 9. The molecule has 1 heterocycles. The highest BCUT2D eigenvalue weighted by molar-refractivity contribution is 5.95. The van der Waals surface area contributed by atoms with E-state index in [1.807, 2.05) is 12.1 Å². The third kappa shape index (κ3) is 8.27. The van der Waals surface area contributed by atoms with E-state index >= 15 is 0 Å². The van der Waals surface area contributed by atoms with E-state index in [9.17, 15) is 34.2 Å². The van der Waals surface area contributed by atoms with Gasteiger partial charge in [0.15, 0.2) is 0 Å². The van der Waals surface area contributed by atoms with Gasteiger partial charge >= 0.3 is 5.97 Å². The molecule has 5 unspecified atom stereocenters. The minimum Gasteiger partial charge on any atom is -0.480 e. The summed E-state index contributed by atoms with van der Waals surface area (Å²) in [5.74, 6) is -4.93. The van der Waals surface area contributed by atoms with Crippen molar-refractivity contribution in [1.82, 2.24) is 20.9 Å². The number of aliphatic carboxylic acids is 1. The lowest BCUT2D eigenvalue weighted by Gasteiger charge is -2.26. The Morgan fingerprint density at radius 1 is 1.00 bits per heavy atom. The fourth-order valence-corrected chi connectivity index (χ4v) is 3.56. The molecule has 0 fully saturated rings. The highest BCUT2D eigenvalue weighted by Crippen LogP contribution is 2.19. The van der Waals surface area contributed by atoms with Crippen molar-refractivity contribution in [3.8, 4) is 0 Å². The van der Waals surface area contributed by atoms with E-state index in [2.05, 4.69) is 20.9 Å². The van der Waals surface area contributed by atoms with Crippen LogP contribution in [0.15, 0.2) is 30.5 Å². The molecule has 11 N–H and O–H groups in total. The molecule has 5 atom stereocenters. The van der Waals surface area contributed by atoms with Gasteiger partial charge in [0.2, 0.25) is 23.6 Å². The number of hydrogen-bond acceptors (Lipinski definition) is 8. The van der Waals surface area contributed by atoms with Crippen molar-refractivity contribution in [2.75, 3.05) is 6.61 Å². The van der Waals surface area contributed by atoms with Gasteiger partial charge in [-0.15, -0.1) is 0 Å². The number of carbonyl (C=O) groups is 5. The number of nitrogens with two attached hydrogens (primary N) is 2. The smallest absolute Gasteiger partial charge is 0.326 e. The van der Waals surface area contributed by atoms with Gasteiger partial charge in [-0.2, -0.15) is 0 Å². The number of primary amides is 1. The number of aromatic nitrogens is 1. The Bertz CT molecular complexity index is 1130. The van der Waals surface area contributed by atoms with E-state index < -0.39 is 66.5 Å². The number of carbonyl (C=O) groups excluding carboxylic acids is 4. The molecule has 14 nitrogen and oxygen atoms in total. The van der Waals surface area contributed by atoms with E-state index in [1.54, 1.807) is 18.3 Å². The maximum absolute atomic E-state index is 13.0. The lowest BCUT2D eigenvalue weighted by molar-refractivity contribution is -0.142. The second-order valence-electron chi connectivity index (χ2n) is 8.55. The molecule has 14 heteroatoms. The largest absolute Gasteiger partial charge is 0.480 e. The van der Waals surface area contributed by atoms with E-state index in [4.69, 9.17) is 16.6 Å². The van der Waals surface area contributed by atoms with Crippen LogP contribution < -0.4 is 27.4 Å². The summed E-state index contributed by atoms with van der Waals surface area (Å²) in [6, 6.07) is 1.49. The number of aromatic amines is 1. The molecule has 2 rings (SSSR count). The lowest BCUT2D eigenvalue weighted by atomic mass is 10.0. The maximum atomic E-state index is 13.0. The molecule has 2 aromatic rings. The number of fused-ring (bicyclic) bond motifs is 1. The molecule has 1 aromatic heterocycles. The summed E-state index contributed by atoms with van der Waals surface area (Å²) < 4.78 is 0. The van der Waals surface area contributed by atoms with Gasteiger partial charge in [-0.1, -0.05) is 18.2 Å². The SMILES string of the molecule is CC(O)C(NC(=O)C(N)CO)C(=O)NC(CCC(N)=O)C(=O)NC(Cc1c[nH]c2ccccc12)C(=O)O. The average Bonchev–Trinajstić information content (AvgIpc) is 3.26. The van der Waals surface area contributed by atoms with Gasteiger partial charge in [0.05, 0.1) is 12.7 Å². The van der Waals surface area contributed by atoms with Gasteiger partial charge < -0.3 is 47.7 Å². The number of aliphatic hydroxyl groups is 2. The van der Waals surface area contributed by atoms with E-state index in [-0.39, 0.29) is 19.3 Å². The summed E-state index contributed by atoms with van der Waals surface area (Å²) in [4.78, 5) is 64.1. The van der Waals surface area contributed by atoms with Crippen LogP contribution in [0.4, 0.5) is 0 Å². The fourth-order valence-electron chi connectivity index (χ4n) is 3.56. The maximum Gasteiger partial charge on any atom is 0.326 e. The summed E-state index contributed by atoms with van der Waals surface area (Å²) in [6.07, 6.45) is -0.467. The van der Waals surface area contributed by atoms with Gasteiger partial charge in [-0.25, -0.2) is 4.79 Å². The van der Waals surface area contributed by atoms with Crippen LogP contribution in [0.3, 0.4) is 0 Å². The van der Waals surface area contributed by atoms with E-state index in [0.29, 0.717) is 5.56 Å². The zero-order valence-corrected chi connectivity index (χ0v) is 20.1. The Morgan fingerprint density at radius 2 is 1.65 bits per heavy atom. The highest BCUT2D eigenvalue weighted by Gasteiger charge is 2.32. The highest BCUT2D eigenvalue weighted by atomic mass is 16.4. The van der Waals surface area contributed by atoms with Crippen molar-refractivity contribution in [1.29, 1.82) is 0 Å².